The molecule has 0 aliphatic carbocycles. The molecule has 0 atom stereocenters. The topological polar surface area (TPSA) is 66.5 Å². The van der Waals surface area contributed by atoms with Gasteiger partial charge in [0.2, 0.25) is 5.91 Å². The zero-order chi connectivity index (χ0) is 19.9. The molecule has 1 N–H and O–H groups in total. The Morgan fingerprint density at radius 3 is 2.11 bits per heavy atom. The molecule has 144 valence electrons. The number of nitrogens with zero attached hydrogens (tertiary/aromatic N) is 1. The zero-order valence-electron chi connectivity index (χ0n) is 16.5. The minimum atomic E-state index is -3.74. The first kappa shape index (κ1) is 19.4. The molecule has 2 aromatic rings. The smallest absolute Gasteiger partial charge is 0.262 e. The van der Waals surface area contributed by atoms with Crippen molar-refractivity contribution in [3.63, 3.8) is 0 Å². The summed E-state index contributed by atoms with van der Waals surface area (Å²) < 4.78 is 29.0. The van der Waals surface area contributed by atoms with Crippen LogP contribution in [0.1, 0.15) is 40.7 Å². The van der Waals surface area contributed by atoms with Crippen molar-refractivity contribution in [2.45, 2.75) is 52.4 Å². The van der Waals surface area contributed by atoms with Crippen LogP contribution >= 0.6 is 0 Å². The van der Waals surface area contributed by atoms with E-state index in [0.29, 0.717) is 23.5 Å². The maximum Gasteiger partial charge on any atom is 0.262 e. The van der Waals surface area contributed by atoms with Crippen LogP contribution in [-0.2, 0) is 14.8 Å². The van der Waals surface area contributed by atoms with Crippen molar-refractivity contribution in [1.29, 1.82) is 0 Å². The number of benzene rings is 2. The minimum Gasteiger partial charge on any atom is -0.312 e. The largest absolute Gasteiger partial charge is 0.312 e. The summed E-state index contributed by atoms with van der Waals surface area (Å²) in [5.74, 6) is 0.0825. The Morgan fingerprint density at radius 1 is 0.926 bits per heavy atom. The van der Waals surface area contributed by atoms with Crippen LogP contribution in [0.5, 0.6) is 0 Å². The molecule has 0 radical (unpaired) electrons. The number of aryl methyl sites for hydroxylation is 3. The van der Waals surface area contributed by atoms with Crippen LogP contribution in [0.2, 0.25) is 0 Å². The lowest BCUT2D eigenvalue weighted by Crippen LogP contribution is -2.25. The number of anilines is 2. The fourth-order valence-electron chi connectivity index (χ4n) is 3.66. The van der Waals surface area contributed by atoms with E-state index in [2.05, 4.69) is 4.72 Å². The van der Waals surface area contributed by atoms with Gasteiger partial charge in [-0.15, -0.1) is 0 Å². The van der Waals surface area contributed by atoms with Crippen LogP contribution in [0.4, 0.5) is 11.4 Å². The maximum atomic E-state index is 13.1. The monoisotopic (exact) mass is 386 g/mol. The highest BCUT2D eigenvalue weighted by molar-refractivity contribution is 7.92. The second-order valence-electron chi connectivity index (χ2n) is 7.35. The summed E-state index contributed by atoms with van der Waals surface area (Å²) in [5.41, 5.74) is 5.60. The zero-order valence-corrected chi connectivity index (χ0v) is 17.3. The summed E-state index contributed by atoms with van der Waals surface area (Å²) >= 11 is 0. The number of hydrogen-bond acceptors (Lipinski definition) is 3. The van der Waals surface area contributed by atoms with Gasteiger partial charge < -0.3 is 4.90 Å². The van der Waals surface area contributed by atoms with Gasteiger partial charge in [0.25, 0.3) is 10.0 Å². The Kier molecular flexibility index (Phi) is 5.04. The predicted octanol–water partition coefficient (Wildman–Crippen LogP) is 4.16. The van der Waals surface area contributed by atoms with E-state index >= 15 is 0 Å². The second-order valence-corrected chi connectivity index (χ2v) is 8.96. The molecule has 1 aliphatic heterocycles. The number of hydrogen-bond donors (Lipinski definition) is 1. The van der Waals surface area contributed by atoms with Crippen molar-refractivity contribution in [1.82, 2.24) is 0 Å². The number of amides is 1. The van der Waals surface area contributed by atoms with Gasteiger partial charge in [0.1, 0.15) is 0 Å². The van der Waals surface area contributed by atoms with Crippen LogP contribution in [0.15, 0.2) is 29.2 Å². The van der Waals surface area contributed by atoms with Gasteiger partial charge in [0.15, 0.2) is 0 Å². The Labute approximate surface area is 161 Å². The lowest BCUT2D eigenvalue weighted by atomic mass is 10.0. The quantitative estimate of drug-likeness (QED) is 0.858. The Bertz CT molecular complexity index is 1000. The van der Waals surface area contributed by atoms with Crippen molar-refractivity contribution >= 4 is 27.3 Å². The van der Waals surface area contributed by atoms with E-state index in [-0.39, 0.29) is 5.91 Å². The Morgan fingerprint density at radius 2 is 1.56 bits per heavy atom. The summed E-state index contributed by atoms with van der Waals surface area (Å²) in [7, 11) is -3.74. The third kappa shape index (κ3) is 3.58. The van der Waals surface area contributed by atoms with Gasteiger partial charge in [-0.25, -0.2) is 8.42 Å². The van der Waals surface area contributed by atoms with E-state index in [1.807, 2.05) is 46.8 Å². The predicted molar refractivity (Wildman–Crippen MR) is 109 cm³/mol. The molecule has 0 aromatic heterocycles. The number of nitrogens with one attached hydrogen (secondary N) is 1. The van der Waals surface area contributed by atoms with E-state index in [9.17, 15) is 13.2 Å². The van der Waals surface area contributed by atoms with Crippen LogP contribution in [0, 0.1) is 34.6 Å². The first-order valence-electron chi connectivity index (χ1n) is 9.13. The highest BCUT2D eigenvalue weighted by atomic mass is 32.2. The molecule has 1 heterocycles. The summed E-state index contributed by atoms with van der Waals surface area (Å²) in [5, 5.41) is 0. The molecule has 0 spiro atoms. The van der Waals surface area contributed by atoms with Crippen molar-refractivity contribution in [2.24, 2.45) is 0 Å². The minimum absolute atomic E-state index is 0.0825. The molecule has 1 saturated heterocycles. The van der Waals surface area contributed by atoms with Crippen molar-refractivity contribution in [3.05, 3.63) is 52.1 Å². The molecule has 3 rings (SSSR count). The molecular formula is C21H26N2O3S. The normalized spacial score (nSPS) is 14.7. The van der Waals surface area contributed by atoms with Crippen molar-refractivity contribution in [2.75, 3.05) is 16.2 Å². The highest BCUT2D eigenvalue weighted by Crippen LogP contribution is 2.31. The molecule has 1 amide bonds. The average Bonchev–Trinajstić information content (AvgIpc) is 3.00. The Balaban J connectivity index is 2.02. The van der Waals surface area contributed by atoms with Crippen LogP contribution in [0.3, 0.4) is 0 Å². The molecule has 6 heteroatoms. The summed E-state index contributed by atoms with van der Waals surface area (Å²) in [6, 6.07) is 7.35. The molecule has 0 saturated carbocycles. The van der Waals surface area contributed by atoms with E-state index in [0.717, 1.165) is 39.9 Å². The van der Waals surface area contributed by atoms with Crippen LogP contribution in [-0.4, -0.2) is 20.9 Å². The molecular weight excluding hydrogens is 360 g/mol. The Hall–Kier alpha value is -2.34. The molecule has 0 unspecified atom stereocenters. The van der Waals surface area contributed by atoms with Gasteiger partial charge >= 0.3 is 0 Å². The lowest BCUT2D eigenvalue weighted by Gasteiger charge is -2.21. The first-order valence-corrected chi connectivity index (χ1v) is 10.6. The third-order valence-corrected chi connectivity index (χ3v) is 7.05. The summed E-state index contributed by atoms with van der Waals surface area (Å²) in [6.07, 6.45) is 1.37. The SMILES string of the molecule is Cc1ccc(NS(=O)(=O)c2c(C)c(C)cc(C)c2C)cc1N1CCCC1=O. The van der Waals surface area contributed by atoms with Crippen LogP contribution < -0.4 is 9.62 Å². The van der Waals surface area contributed by atoms with Gasteiger partial charge in [-0.05, 0) is 81.0 Å². The number of rotatable bonds is 4. The fourth-order valence-corrected chi connectivity index (χ4v) is 5.32. The van der Waals surface area contributed by atoms with E-state index in [1.54, 1.807) is 17.0 Å². The van der Waals surface area contributed by atoms with Gasteiger partial charge in [0, 0.05) is 18.7 Å². The standard InChI is InChI=1S/C21H26N2O3S/c1-13-8-9-18(12-19(13)23-10-6-7-20(23)24)22-27(25,26)21-16(4)14(2)11-15(3)17(21)5/h8-9,11-12,22H,6-7,10H2,1-5H3. The number of carbonyl (C=O) groups is 1. The average molecular weight is 387 g/mol. The van der Waals surface area contributed by atoms with Gasteiger partial charge in [-0.2, -0.15) is 0 Å². The van der Waals surface area contributed by atoms with Gasteiger partial charge in [-0.3, -0.25) is 9.52 Å². The maximum absolute atomic E-state index is 13.1. The molecule has 1 fully saturated rings. The fraction of sp³-hybridized carbons (Fsp3) is 0.381. The molecule has 1 aliphatic rings. The van der Waals surface area contributed by atoms with E-state index in [4.69, 9.17) is 0 Å². The summed E-state index contributed by atoms with van der Waals surface area (Å²) in [4.78, 5) is 14.2. The first-order chi connectivity index (χ1) is 12.6. The second kappa shape index (κ2) is 7.00. The number of sulfonamides is 1. The molecule has 0 bridgehead atoms. The third-order valence-electron chi connectivity index (χ3n) is 5.39. The highest BCUT2D eigenvalue weighted by Gasteiger charge is 2.25. The van der Waals surface area contributed by atoms with Gasteiger partial charge in [0.05, 0.1) is 10.6 Å². The molecule has 27 heavy (non-hydrogen) atoms. The summed E-state index contributed by atoms with van der Waals surface area (Å²) in [6.45, 7) is 10.1. The molecule has 5 nitrogen and oxygen atoms in total. The van der Waals surface area contributed by atoms with Gasteiger partial charge in [-0.1, -0.05) is 12.1 Å². The number of carbonyl (C=O) groups excluding carboxylic acids is 1. The van der Waals surface area contributed by atoms with Crippen LogP contribution in [0.25, 0.3) is 0 Å². The van der Waals surface area contributed by atoms with E-state index < -0.39 is 10.0 Å². The van der Waals surface area contributed by atoms with Crippen molar-refractivity contribution in [3.8, 4) is 0 Å². The van der Waals surface area contributed by atoms with Crippen molar-refractivity contribution < 1.29 is 13.2 Å². The lowest BCUT2D eigenvalue weighted by molar-refractivity contribution is -0.117. The molecule has 2 aromatic carbocycles. The van der Waals surface area contributed by atoms with E-state index in [1.165, 1.54) is 0 Å².